The molecular weight excluding hydrogens is 792 g/mol. The van der Waals surface area contributed by atoms with Gasteiger partial charge >= 0.3 is 5.69 Å². The minimum absolute atomic E-state index is 0. The van der Waals surface area contributed by atoms with Gasteiger partial charge in [-0.05, 0) is 100 Å². The molecule has 12 nitrogen and oxygen atoms in total. The van der Waals surface area contributed by atoms with Crippen molar-refractivity contribution in [3.8, 4) is 21.8 Å². The van der Waals surface area contributed by atoms with Crippen LogP contribution in [0.25, 0.3) is 21.8 Å². The molecule has 0 bridgehead atoms. The quantitative estimate of drug-likeness (QED) is 0.0375. The Morgan fingerprint density at radius 2 is 1.69 bits per heavy atom. The number of nitroso groups, excluding NO2 is 1. The summed E-state index contributed by atoms with van der Waals surface area (Å²) in [5, 5.41) is 15.4. The number of piperidine rings is 1. The molecule has 0 aliphatic carbocycles. The van der Waals surface area contributed by atoms with Gasteiger partial charge in [0.05, 0.1) is 31.5 Å². The van der Waals surface area contributed by atoms with E-state index >= 15 is 4.39 Å². The minimum Gasteiger partial charge on any atom is -0.481 e. The lowest BCUT2D eigenvalue weighted by Crippen LogP contribution is -2.35. The number of anilines is 2. The van der Waals surface area contributed by atoms with Gasteiger partial charge in [-0.15, -0.1) is 16.8 Å². The smallest absolute Gasteiger partial charge is 0.334 e. The van der Waals surface area contributed by atoms with Gasteiger partial charge in [0.1, 0.15) is 5.69 Å². The number of nitrogens with zero attached hydrogens (tertiary/aromatic N) is 5. The second-order valence-electron chi connectivity index (χ2n) is 15.5. The summed E-state index contributed by atoms with van der Waals surface area (Å²) in [5.74, 6) is 0.293. The van der Waals surface area contributed by atoms with Crippen LogP contribution in [0.15, 0.2) is 48.7 Å². The van der Waals surface area contributed by atoms with Crippen molar-refractivity contribution < 1.29 is 23.6 Å². The zero-order chi connectivity index (χ0) is 42.2. The van der Waals surface area contributed by atoms with Crippen LogP contribution in [-0.4, -0.2) is 74.6 Å². The minimum atomic E-state index is -0.833. The second-order valence-corrected chi connectivity index (χ2v) is 17.2. The summed E-state index contributed by atoms with van der Waals surface area (Å²) in [7, 11) is 2.31. The predicted molar refractivity (Wildman–Crippen MR) is 241 cm³/mol. The van der Waals surface area contributed by atoms with E-state index in [-0.39, 0.29) is 39.9 Å². The molecule has 2 aromatic heterocycles. The molecule has 4 aromatic rings. The Hall–Kier alpha value is -4.01. The van der Waals surface area contributed by atoms with Crippen LogP contribution in [0.5, 0.6) is 0 Å². The number of hydrogen-bond acceptors (Lipinski definition) is 10. The highest BCUT2D eigenvalue weighted by atomic mass is 32.1. The molecule has 4 heterocycles. The molecule has 324 valence electrons. The zero-order valence-electron chi connectivity index (χ0n) is 35.6. The fourth-order valence-electron chi connectivity index (χ4n) is 6.97. The van der Waals surface area contributed by atoms with Gasteiger partial charge in [0.2, 0.25) is 11.8 Å². The zero-order valence-corrected chi connectivity index (χ0v) is 37.5. The highest BCUT2D eigenvalue weighted by Crippen LogP contribution is 2.41. The first-order valence-electron chi connectivity index (χ1n) is 20.6. The molecule has 4 unspecified atom stereocenters. The van der Waals surface area contributed by atoms with Crippen LogP contribution in [-0.2, 0) is 4.79 Å². The summed E-state index contributed by atoms with van der Waals surface area (Å²) in [6.45, 7) is 18.2. The lowest BCUT2D eigenvalue weighted by Gasteiger charge is -2.23. The summed E-state index contributed by atoms with van der Waals surface area (Å²) in [6, 6.07) is 11.0. The summed E-state index contributed by atoms with van der Waals surface area (Å²) in [6.07, 6.45) is 11.5. The molecule has 0 radical (unpaired) electrons. The first-order chi connectivity index (χ1) is 27.8. The topological polar surface area (TPSA) is 170 Å². The molecule has 4 atom stereocenters. The molecule has 2 fully saturated rings. The number of hydrazine groups is 1. The molecule has 16 heteroatoms. The van der Waals surface area contributed by atoms with E-state index < -0.39 is 17.6 Å². The number of hydrogen-bond donors (Lipinski definition) is 5. The number of halogens is 2. The van der Waals surface area contributed by atoms with E-state index in [1.165, 1.54) is 81.3 Å². The van der Waals surface area contributed by atoms with Crippen LogP contribution in [0.2, 0.25) is 0 Å². The van der Waals surface area contributed by atoms with Crippen molar-refractivity contribution in [1.29, 1.82) is 0 Å². The van der Waals surface area contributed by atoms with Crippen LogP contribution in [0.4, 0.5) is 26.1 Å². The van der Waals surface area contributed by atoms with Gasteiger partial charge in [0.15, 0.2) is 10.7 Å². The van der Waals surface area contributed by atoms with Gasteiger partial charge < -0.3 is 26.8 Å². The molecule has 7 N–H and O–H groups in total. The molecule has 2 aromatic carbocycles. The first-order valence-corrected chi connectivity index (χ1v) is 22.0. The van der Waals surface area contributed by atoms with E-state index in [1.54, 1.807) is 30.5 Å². The molecule has 2 aliphatic rings. The first kappa shape index (κ1) is 49.4. The number of aromatic nitrogens is 3. The van der Waals surface area contributed by atoms with E-state index in [0.29, 0.717) is 27.5 Å². The van der Waals surface area contributed by atoms with Gasteiger partial charge in [-0.25, -0.2) is 19.3 Å². The Kier molecular flexibility index (Phi) is 20.8. The van der Waals surface area contributed by atoms with Crippen molar-refractivity contribution in [1.82, 2.24) is 31.3 Å². The van der Waals surface area contributed by atoms with Crippen LogP contribution in [0, 0.1) is 28.4 Å². The van der Waals surface area contributed by atoms with Crippen molar-refractivity contribution >= 4 is 49.2 Å². The molecule has 0 saturated carbocycles. The van der Waals surface area contributed by atoms with Gasteiger partial charge in [-0.3, -0.25) is 4.79 Å². The number of nitrogens with one attached hydrogen (secondary N) is 3. The Bertz CT molecular complexity index is 1890. The fourth-order valence-corrected chi connectivity index (χ4v) is 8.52. The number of unbranched alkanes of at least 4 members (excludes halogenated alkanes) is 2. The maximum atomic E-state index is 16.0. The van der Waals surface area contributed by atoms with Gasteiger partial charge in [-0.2, -0.15) is 4.39 Å². The lowest BCUT2D eigenvalue weighted by atomic mass is 10.0. The number of carbonyl (C=O) groups is 1. The predicted octanol–water partition coefficient (Wildman–Crippen LogP) is 9.96. The van der Waals surface area contributed by atoms with E-state index in [0.717, 1.165) is 56.1 Å². The number of aliphatic carboxylic acids is 1. The van der Waals surface area contributed by atoms with Crippen molar-refractivity contribution in [2.75, 3.05) is 43.5 Å². The summed E-state index contributed by atoms with van der Waals surface area (Å²) in [4.78, 5) is 39.5. The number of thiazole rings is 1. The largest absolute Gasteiger partial charge is 0.481 e. The maximum Gasteiger partial charge on any atom is 0.334 e. The molecule has 0 amide bonds. The van der Waals surface area contributed by atoms with E-state index in [1.807, 2.05) is 0 Å². The second kappa shape index (κ2) is 24.9. The monoisotopic (exact) mass is 856 g/mol. The van der Waals surface area contributed by atoms with Gasteiger partial charge in [-0.1, -0.05) is 68.8 Å². The number of likely N-dealkylation sites (tertiary alicyclic amines) is 1. The third-order valence-corrected chi connectivity index (χ3v) is 12.1. The van der Waals surface area contributed by atoms with Crippen LogP contribution in [0.1, 0.15) is 104 Å². The van der Waals surface area contributed by atoms with Gasteiger partial charge in [0, 0.05) is 43.7 Å². The number of carboxylic acid groups (broad SMARTS) is 1. The standard InChI is InChI=1S/C28H31F2N7OPS.C13H27N.C2H4O2.H3N/c1-3-16(2)27-35-24(26(40-27)21-12-15-32-28(34-21)33-17-10-13-31-14-11-17)18-6-4-8-20(23(18)30)36-37(38)25-19(29)7-5-9-22(25)39;1-4-5-6-9-14-10-12(2)7-8-13(3)11-14;1-2(3)4;/h4-9,12,15-17,31H,3,10-11,13-14,39H2,1-2H3,(H,36,38)(H,32,33,34);12-13H,4-11H2,1-3H3;1H3,(H,3,4);1H3/q+1;;;. The molecule has 0 spiro atoms. The Balaban J connectivity index is 0.000000409. The van der Waals surface area contributed by atoms with Crippen molar-refractivity contribution in [3.63, 3.8) is 0 Å². The normalized spacial score (nSPS) is 17.5. The van der Waals surface area contributed by atoms with Crippen LogP contribution >= 0.6 is 20.6 Å². The highest BCUT2D eigenvalue weighted by Gasteiger charge is 2.28. The summed E-state index contributed by atoms with van der Waals surface area (Å²) in [5.41, 5.74) is 3.41. The highest BCUT2D eigenvalue weighted by molar-refractivity contribution is 7.27. The number of benzene rings is 2. The van der Waals surface area contributed by atoms with E-state index in [2.05, 4.69) is 69.8 Å². The SMILES string of the molecule is CC(=O)O.CCC(C)c1nc(-c2cccc(N[N+](=O)c3c(F)cccc3P)c2F)c(-c2ccnc(NC3CCNCC3)n2)s1.CCCCCN1CC(C)CCC(C)C1.N. The number of rotatable bonds is 13. The van der Waals surface area contributed by atoms with Crippen molar-refractivity contribution in [3.05, 3.63) is 70.2 Å². The Labute approximate surface area is 355 Å². The third-order valence-electron chi connectivity index (χ3n) is 10.3. The van der Waals surface area contributed by atoms with Crippen molar-refractivity contribution in [2.45, 2.75) is 105 Å². The maximum absolute atomic E-state index is 16.0. The molecule has 2 saturated heterocycles. The van der Waals surface area contributed by atoms with E-state index in [9.17, 15) is 9.30 Å². The molecule has 6 rings (SSSR count). The Morgan fingerprint density at radius 1 is 1.03 bits per heavy atom. The summed E-state index contributed by atoms with van der Waals surface area (Å²) >= 11 is 1.47. The average molecular weight is 857 g/mol. The Morgan fingerprint density at radius 3 is 2.32 bits per heavy atom. The average Bonchev–Trinajstić information content (AvgIpc) is 3.56. The van der Waals surface area contributed by atoms with E-state index in [4.69, 9.17) is 19.9 Å². The summed E-state index contributed by atoms with van der Waals surface area (Å²) < 4.78 is 30.4. The molecule has 2 aliphatic heterocycles. The van der Waals surface area contributed by atoms with Crippen LogP contribution < -0.4 is 27.5 Å². The number of para-hydroxylation sites is 1. The molecule has 59 heavy (non-hydrogen) atoms. The van der Waals surface area contributed by atoms with Gasteiger partial charge in [0.25, 0.3) is 5.97 Å². The fraction of sp³-hybridized carbons (Fsp3) is 0.535. The van der Waals surface area contributed by atoms with Crippen molar-refractivity contribution in [2.24, 2.45) is 11.8 Å². The van der Waals surface area contributed by atoms with Crippen LogP contribution in [0.3, 0.4) is 0 Å². The lowest BCUT2D eigenvalue weighted by molar-refractivity contribution is -0.429. The number of carboxylic acids is 1. The third kappa shape index (κ3) is 15.2. The molecular formula is C43H65F2N9O3PS+.